The van der Waals surface area contributed by atoms with Crippen LogP contribution in [-0.4, -0.2) is 39.7 Å². The van der Waals surface area contributed by atoms with Crippen molar-refractivity contribution in [2.45, 2.75) is 5.16 Å². The number of hydrogen-bond donors (Lipinski definition) is 1. The Morgan fingerprint density at radius 3 is 2.96 bits per heavy atom. The van der Waals surface area contributed by atoms with Crippen molar-refractivity contribution in [3.63, 3.8) is 0 Å². The fraction of sp³-hybridized carbons (Fsp3) is 0.231. The van der Waals surface area contributed by atoms with E-state index in [-0.39, 0.29) is 11.7 Å². The lowest BCUT2D eigenvalue weighted by Gasteiger charge is -2.07. The zero-order chi connectivity index (χ0) is 16.8. The molecule has 0 aliphatic carbocycles. The van der Waals surface area contributed by atoms with E-state index in [9.17, 15) is 4.79 Å². The maximum absolute atomic E-state index is 11.7. The van der Waals surface area contributed by atoms with E-state index in [2.05, 4.69) is 20.7 Å². The second kappa shape index (κ2) is 8.19. The SMILES string of the molecule is COc1c(Cl)cc(Cl)cc1C=NNC(=O)CSc1nncn1C. The van der Waals surface area contributed by atoms with Crippen LogP contribution >= 0.6 is 35.0 Å². The average Bonchev–Trinajstić information content (AvgIpc) is 2.90. The van der Waals surface area contributed by atoms with Crippen molar-refractivity contribution in [2.24, 2.45) is 12.1 Å². The summed E-state index contributed by atoms with van der Waals surface area (Å²) in [4.78, 5) is 11.7. The van der Waals surface area contributed by atoms with Crippen LogP contribution < -0.4 is 10.2 Å². The number of amides is 1. The third kappa shape index (κ3) is 4.85. The molecule has 122 valence electrons. The highest BCUT2D eigenvalue weighted by Gasteiger charge is 2.09. The Morgan fingerprint density at radius 2 is 2.30 bits per heavy atom. The first-order chi connectivity index (χ1) is 11.0. The molecule has 10 heteroatoms. The number of benzene rings is 1. The predicted molar refractivity (Wildman–Crippen MR) is 90.5 cm³/mol. The van der Waals surface area contributed by atoms with Crippen LogP contribution in [0.15, 0.2) is 28.7 Å². The molecule has 1 aromatic carbocycles. The number of ether oxygens (including phenoxy) is 1. The van der Waals surface area contributed by atoms with Crippen molar-refractivity contribution in [1.82, 2.24) is 20.2 Å². The standard InChI is InChI=1S/C13H13Cl2N5O2S/c1-20-7-17-19-13(20)23-6-11(21)18-16-5-8-3-9(14)4-10(15)12(8)22-2/h3-5,7H,6H2,1-2H3,(H,18,21). The molecule has 0 atom stereocenters. The number of aryl methyl sites for hydroxylation is 1. The first kappa shape index (κ1) is 17.6. The van der Waals surface area contributed by atoms with Crippen LogP contribution in [0.5, 0.6) is 5.75 Å². The van der Waals surface area contributed by atoms with Gasteiger partial charge >= 0.3 is 0 Å². The molecular formula is C13H13Cl2N5O2S. The molecule has 1 amide bonds. The van der Waals surface area contributed by atoms with E-state index in [1.54, 1.807) is 30.1 Å². The molecular weight excluding hydrogens is 361 g/mol. The van der Waals surface area contributed by atoms with Gasteiger partial charge in [0.25, 0.3) is 5.91 Å². The van der Waals surface area contributed by atoms with Gasteiger partial charge in [-0.2, -0.15) is 5.10 Å². The maximum Gasteiger partial charge on any atom is 0.250 e. The molecule has 0 fully saturated rings. The van der Waals surface area contributed by atoms with E-state index in [1.165, 1.54) is 25.1 Å². The monoisotopic (exact) mass is 373 g/mol. The highest BCUT2D eigenvalue weighted by atomic mass is 35.5. The van der Waals surface area contributed by atoms with Gasteiger partial charge in [-0.15, -0.1) is 10.2 Å². The van der Waals surface area contributed by atoms with E-state index in [1.807, 2.05) is 0 Å². The molecule has 7 nitrogen and oxygen atoms in total. The van der Waals surface area contributed by atoms with E-state index >= 15 is 0 Å². The van der Waals surface area contributed by atoms with Crippen molar-refractivity contribution < 1.29 is 9.53 Å². The third-order valence-electron chi connectivity index (χ3n) is 2.64. The van der Waals surface area contributed by atoms with Gasteiger partial charge in [-0.25, -0.2) is 5.43 Å². The average molecular weight is 374 g/mol. The maximum atomic E-state index is 11.7. The fourth-order valence-electron chi connectivity index (χ4n) is 1.63. The summed E-state index contributed by atoms with van der Waals surface area (Å²) in [5.74, 6) is 0.320. The molecule has 23 heavy (non-hydrogen) atoms. The quantitative estimate of drug-likeness (QED) is 0.477. The molecule has 0 aliphatic rings. The van der Waals surface area contributed by atoms with Crippen molar-refractivity contribution in [3.05, 3.63) is 34.1 Å². The summed E-state index contributed by atoms with van der Waals surface area (Å²) >= 11 is 13.2. The van der Waals surface area contributed by atoms with Crippen LogP contribution in [0.3, 0.4) is 0 Å². The van der Waals surface area contributed by atoms with Crippen molar-refractivity contribution >= 4 is 47.1 Å². The summed E-state index contributed by atoms with van der Waals surface area (Å²) < 4.78 is 6.90. The molecule has 0 unspecified atom stereocenters. The van der Waals surface area contributed by atoms with E-state index in [4.69, 9.17) is 27.9 Å². The smallest absolute Gasteiger partial charge is 0.250 e. The largest absolute Gasteiger partial charge is 0.495 e. The summed E-state index contributed by atoms with van der Waals surface area (Å²) in [7, 11) is 3.29. The van der Waals surface area contributed by atoms with Crippen LogP contribution in [0.1, 0.15) is 5.56 Å². The number of carbonyl (C=O) groups excluding carboxylic acids is 1. The number of nitrogens with zero attached hydrogens (tertiary/aromatic N) is 4. The highest BCUT2D eigenvalue weighted by molar-refractivity contribution is 7.99. The van der Waals surface area contributed by atoms with E-state index < -0.39 is 0 Å². The predicted octanol–water partition coefficient (Wildman–Crippen LogP) is 2.37. The zero-order valence-electron chi connectivity index (χ0n) is 12.3. The first-order valence-corrected chi connectivity index (χ1v) is 8.07. The number of carbonyl (C=O) groups is 1. The number of hydrazone groups is 1. The molecule has 0 bridgehead atoms. The van der Waals surface area contributed by atoms with E-state index in [0.29, 0.717) is 26.5 Å². The molecule has 0 saturated heterocycles. The topological polar surface area (TPSA) is 81.4 Å². The van der Waals surface area contributed by atoms with Gasteiger partial charge in [0.1, 0.15) is 12.1 Å². The lowest BCUT2D eigenvalue weighted by atomic mass is 10.2. The lowest BCUT2D eigenvalue weighted by Crippen LogP contribution is -2.20. The summed E-state index contributed by atoms with van der Waals surface area (Å²) in [6, 6.07) is 3.20. The molecule has 1 aromatic heterocycles. The lowest BCUT2D eigenvalue weighted by molar-refractivity contribution is -0.118. The van der Waals surface area contributed by atoms with Gasteiger partial charge in [0.2, 0.25) is 0 Å². The number of halogens is 2. The third-order valence-corrected chi connectivity index (χ3v) is 4.17. The van der Waals surface area contributed by atoms with Crippen molar-refractivity contribution in [1.29, 1.82) is 0 Å². The number of thioether (sulfide) groups is 1. The summed E-state index contributed by atoms with van der Waals surface area (Å²) in [6.07, 6.45) is 2.98. The molecule has 0 radical (unpaired) electrons. The Bertz CT molecular complexity index is 735. The minimum atomic E-state index is -0.277. The van der Waals surface area contributed by atoms with Gasteiger partial charge in [0.05, 0.1) is 24.1 Å². The molecule has 2 rings (SSSR count). The number of rotatable bonds is 6. The molecule has 1 heterocycles. The van der Waals surface area contributed by atoms with Gasteiger partial charge in [-0.3, -0.25) is 4.79 Å². The van der Waals surface area contributed by atoms with Crippen LogP contribution in [0.2, 0.25) is 10.0 Å². The number of hydrogen-bond acceptors (Lipinski definition) is 6. The van der Waals surface area contributed by atoms with E-state index in [0.717, 1.165) is 0 Å². The Morgan fingerprint density at radius 1 is 1.52 bits per heavy atom. The van der Waals surface area contributed by atoms with Gasteiger partial charge in [-0.05, 0) is 12.1 Å². The second-order valence-electron chi connectivity index (χ2n) is 4.32. The number of nitrogens with one attached hydrogen (secondary N) is 1. The second-order valence-corrected chi connectivity index (χ2v) is 6.10. The van der Waals surface area contributed by atoms with Gasteiger partial charge < -0.3 is 9.30 Å². The van der Waals surface area contributed by atoms with Crippen LogP contribution in [0, 0.1) is 0 Å². The Hall–Kier alpha value is -1.77. The molecule has 0 aliphatic heterocycles. The summed E-state index contributed by atoms with van der Waals surface area (Å²) in [5.41, 5.74) is 2.98. The Balaban J connectivity index is 1.94. The molecule has 2 aromatic rings. The fourth-order valence-corrected chi connectivity index (χ4v) is 2.90. The zero-order valence-corrected chi connectivity index (χ0v) is 14.6. The molecule has 0 spiro atoms. The van der Waals surface area contributed by atoms with Crippen LogP contribution in [-0.2, 0) is 11.8 Å². The normalized spacial score (nSPS) is 11.0. The van der Waals surface area contributed by atoms with Crippen molar-refractivity contribution in [2.75, 3.05) is 12.9 Å². The van der Waals surface area contributed by atoms with Gasteiger partial charge in [0, 0.05) is 17.6 Å². The summed E-state index contributed by atoms with van der Waals surface area (Å²) in [6.45, 7) is 0. The number of methoxy groups -OCH3 is 1. The minimum absolute atomic E-state index is 0.164. The Kier molecular flexibility index (Phi) is 6.26. The highest BCUT2D eigenvalue weighted by Crippen LogP contribution is 2.31. The molecule has 1 N–H and O–H groups in total. The first-order valence-electron chi connectivity index (χ1n) is 6.33. The Labute approximate surface area is 147 Å². The minimum Gasteiger partial charge on any atom is -0.495 e. The van der Waals surface area contributed by atoms with Crippen LogP contribution in [0.25, 0.3) is 0 Å². The van der Waals surface area contributed by atoms with Gasteiger partial charge in [-0.1, -0.05) is 35.0 Å². The summed E-state index contributed by atoms with van der Waals surface area (Å²) in [5, 5.41) is 12.9. The van der Waals surface area contributed by atoms with Crippen LogP contribution in [0.4, 0.5) is 0 Å². The van der Waals surface area contributed by atoms with Crippen molar-refractivity contribution in [3.8, 4) is 5.75 Å². The van der Waals surface area contributed by atoms with Gasteiger partial charge in [0.15, 0.2) is 5.16 Å². The molecule has 0 saturated carbocycles. The number of aromatic nitrogens is 3.